The lowest BCUT2D eigenvalue weighted by molar-refractivity contribution is 0.249. The highest BCUT2D eigenvalue weighted by Gasteiger charge is 2.29. The zero-order valence-corrected chi connectivity index (χ0v) is 20.2. The predicted molar refractivity (Wildman–Crippen MR) is 136 cm³/mol. The Morgan fingerprint density at radius 1 is 0.735 bits per heavy atom. The molecular formula is C26H25ClN4O2S. The summed E-state index contributed by atoms with van der Waals surface area (Å²) in [5.74, 6) is 0.282. The molecule has 2 heterocycles. The Morgan fingerprint density at radius 2 is 1.35 bits per heavy atom. The van der Waals surface area contributed by atoms with E-state index >= 15 is 0 Å². The van der Waals surface area contributed by atoms with Crippen molar-refractivity contribution >= 4 is 38.3 Å². The molecule has 1 aliphatic heterocycles. The van der Waals surface area contributed by atoms with Gasteiger partial charge in [0.05, 0.1) is 16.8 Å². The monoisotopic (exact) mass is 492 g/mol. The standard InChI is InChI=1S/C26H25ClN4O2S/c27-22-12-10-21(11-13-22)19-34(32,33)26-25(28-23-8-4-5-9-24(23)29-26)31-16-14-30(15-17-31)18-20-6-2-1-3-7-20/h1-13H,14-19H2. The zero-order chi connectivity index (χ0) is 23.5. The molecule has 34 heavy (non-hydrogen) atoms. The predicted octanol–water partition coefficient (Wildman–Crippen LogP) is 4.58. The van der Waals surface area contributed by atoms with Crippen LogP contribution in [-0.4, -0.2) is 49.5 Å². The lowest BCUT2D eigenvalue weighted by atomic mass is 10.2. The number of benzene rings is 3. The summed E-state index contributed by atoms with van der Waals surface area (Å²) in [6, 6.07) is 24.6. The minimum absolute atomic E-state index is 0.0395. The van der Waals surface area contributed by atoms with Gasteiger partial charge in [0.15, 0.2) is 10.8 Å². The molecule has 6 nitrogen and oxygen atoms in total. The van der Waals surface area contributed by atoms with E-state index in [2.05, 4.69) is 26.9 Å². The minimum atomic E-state index is -3.73. The van der Waals surface area contributed by atoms with Gasteiger partial charge in [-0.15, -0.1) is 0 Å². The molecule has 1 fully saturated rings. The maximum Gasteiger partial charge on any atom is 0.203 e. The van der Waals surface area contributed by atoms with Crippen LogP contribution in [0.3, 0.4) is 0 Å². The quantitative estimate of drug-likeness (QED) is 0.392. The number of piperazine rings is 1. The van der Waals surface area contributed by atoms with Crippen LogP contribution in [0.2, 0.25) is 5.02 Å². The van der Waals surface area contributed by atoms with E-state index in [0.29, 0.717) is 40.5 Å². The van der Waals surface area contributed by atoms with Gasteiger partial charge in [-0.25, -0.2) is 18.4 Å². The molecule has 174 valence electrons. The average molecular weight is 493 g/mol. The highest BCUT2D eigenvalue weighted by molar-refractivity contribution is 7.90. The number of hydrogen-bond donors (Lipinski definition) is 0. The summed E-state index contributed by atoms with van der Waals surface area (Å²) in [5, 5.41) is 0.610. The lowest BCUT2D eigenvalue weighted by Gasteiger charge is -2.36. The maximum absolute atomic E-state index is 13.5. The summed E-state index contributed by atoms with van der Waals surface area (Å²) in [5.41, 5.74) is 3.20. The first kappa shape index (κ1) is 22.8. The van der Waals surface area contributed by atoms with Crippen molar-refractivity contribution in [1.29, 1.82) is 0 Å². The lowest BCUT2D eigenvalue weighted by Crippen LogP contribution is -2.46. The molecular weight excluding hydrogens is 468 g/mol. The molecule has 0 saturated carbocycles. The maximum atomic E-state index is 13.5. The van der Waals surface area contributed by atoms with Crippen LogP contribution in [0.15, 0.2) is 83.9 Å². The van der Waals surface area contributed by atoms with E-state index in [9.17, 15) is 8.42 Å². The summed E-state index contributed by atoms with van der Waals surface area (Å²) in [6.45, 7) is 3.88. The van der Waals surface area contributed by atoms with Gasteiger partial charge in [0.1, 0.15) is 0 Å². The Bertz CT molecular complexity index is 1390. The summed E-state index contributed by atoms with van der Waals surface area (Å²) in [7, 11) is -3.73. The number of fused-ring (bicyclic) bond motifs is 1. The first-order valence-corrected chi connectivity index (χ1v) is 13.3. The molecule has 0 radical (unpaired) electrons. The van der Waals surface area contributed by atoms with Crippen molar-refractivity contribution in [3.05, 3.63) is 95.0 Å². The zero-order valence-electron chi connectivity index (χ0n) is 18.6. The average Bonchev–Trinajstić information content (AvgIpc) is 2.86. The van der Waals surface area contributed by atoms with Crippen molar-refractivity contribution in [2.75, 3.05) is 31.1 Å². The highest BCUT2D eigenvalue weighted by atomic mass is 35.5. The Hall–Kier alpha value is -3.00. The number of aromatic nitrogens is 2. The van der Waals surface area contributed by atoms with Crippen LogP contribution in [0.5, 0.6) is 0 Å². The van der Waals surface area contributed by atoms with E-state index in [1.54, 1.807) is 30.3 Å². The van der Waals surface area contributed by atoms with Crippen LogP contribution in [0.1, 0.15) is 11.1 Å². The molecule has 1 aliphatic rings. The Balaban J connectivity index is 1.43. The fourth-order valence-corrected chi connectivity index (χ4v) is 5.80. The van der Waals surface area contributed by atoms with Gasteiger partial charge in [-0.3, -0.25) is 4.90 Å². The van der Waals surface area contributed by atoms with Crippen LogP contribution in [0.25, 0.3) is 11.0 Å². The number of halogens is 1. The van der Waals surface area contributed by atoms with Gasteiger partial charge in [-0.05, 0) is 35.4 Å². The van der Waals surface area contributed by atoms with Crippen LogP contribution in [0.4, 0.5) is 5.82 Å². The molecule has 1 saturated heterocycles. The molecule has 0 atom stereocenters. The fourth-order valence-electron chi connectivity index (χ4n) is 4.22. The van der Waals surface area contributed by atoms with Crippen molar-refractivity contribution in [2.45, 2.75) is 17.3 Å². The molecule has 5 rings (SSSR count). The number of sulfone groups is 1. The second kappa shape index (κ2) is 9.70. The molecule has 0 N–H and O–H groups in total. The Kier molecular flexibility index (Phi) is 6.50. The van der Waals surface area contributed by atoms with Gasteiger partial charge < -0.3 is 4.90 Å². The Labute approximate surface area is 204 Å². The third-order valence-corrected chi connectivity index (χ3v) is 7.84. The van der Waals surface area contributed by atoms with Crippen LogP contribution < -0.4 is 4.90 Å². The molecule has 0 spiro atoms. The number of para-hydroxylation sites is 2. The summed E-state index contributed by atoms with van der Waals surface area (Å²) < 4.78 is 27.1. The molecule has 3 aromatic carbocycles. The molecule has 0 bridgehead atoms. The van der Waals surface area contributed by atoms with E-state index in [1.807, 2.05) is 36.4 Å². The molecule has 0 aliphatic carbocycles. The second-order valence-electron chi connectivity index (χ2n) is 8.48. The molecule has 4 aromatic rings. The van der Waals surface area contributed by atoms with Crippen molar-refractivity contribution < 1.29 is 8.42 Å². The first-order valence-electron chi connectivity index (χ1n) is 11.2. The third kappa shape index (κ3) is 5.06. The van der Waals surface area contributed by atoms with Crippen molar-refractivity contribution in [1.82, 2.24) is 14.9 Å². The number of anilines is 1. The number of hydrogen-bond acceptors (Lipinski definition) is 6. The van der Waals surface area contributed by atoms with E-state index in [0.717, 1.165) is 19.6 Å². The van der Waals surface area contributed by atoms with Crippen LogP contribution in [0, 0.1) is 0 Å². The van der Waals surface area contributed by atoms with Gasteiger partial charge in [0.2, 0.25) is 9.84 Å². The van der Waals surface area contributed by atoms with Gasteiger partial charge in [0, 0.05) is 37.7 Å². The normalized spacial score (nSPS) is 15.0. The number of nitrogens with zero attached hydrogens (tertiary/aromatic N) is 4. The van der Waals surface area contributed by atoms with E-state index < -0.39 is 9.84 Å². The summed E-state index contributed by atoms with van der Waals surface area (Å²) >= 11 is 5.97. The van der Waals surface area contributed by atoms with E-state index in [-0.39, 0.29) is 10.8 Å². The van der Waals surface area contributed by atoms with Crippen LogP contribution in [-0.2, 0) is 22.1 Å². The number of rotatable bonds is 6. The molecule has 0 unspecified atom stereocenters. The first-order chi connectivity index (χ1) is 16.5. The summed E-state index contributed by atoms with van der Waals surface area (Å²) in [4.78, 5) is 13.8. The highest BCUT2D eigenvalue weighted by Crippen LogP contribution is 2.28. The minimum Gasteiger partial charge on any atom is -0.352 e. The van der Waals surface area contributed by atoms with Gasteiger partial charge in [-0.1, -0.05) is 66.2 Å². The van der Waals surface area contributed by atoms with Crippen molar-refractivity contribution in [2.24, 2.45) is 0 Å². The van der Waals surface area contributed by atoms with Crippen molar-refractivity contribution in [3.8, 4) is 0 Å². The van der Waals surface area contributed by atoms with Gasteiger partial charge in [-0.2, -0.15) is 0 Å². The third-order valence-electron chi connectivity index (χ3n) is 6.01. The van der Waals surface area contributed by atoms with E-state index in [1.165, 1.54) is 5.56 Å². The van der Waals surface area contributed by atoms with E-state index in [4.69, 9.17) is 16.6 Å². The van der Waals surface area contributed by atoms with Crippen LogP contribution >= 0.6 is 11.6 Å². The SMILES string of the molecule is O=S(=O)(Cc1ccc(Cl)cc1)c1nc2ccccc2nc1N1CCN(Cc2ccccc2)CC1. The molecule has 8 heteroatoms. The smallest absolute Gasteiger partial charge is 0.203 e. The molecule has 1 aromatic heterocycles. The fraction of sp³-hybridized carbons (Fsp3) is 0.231. The van der Waals surface area contributed by atoms with Gasteiger partial charge in [0.25, 0.3) is 0 Å². The summed E-state index contributed by atoms with van der Waals surface area (Å²) in [6.07, 6.45) is 0. The topological polar surface area (TPSA) is 66.4 Å². The van der Waals surface area contributed by atoms with Crippen molar-refractivity contribution in [3.63, 3.8) is 0 Å². The van der Waals surface area contributed by atoms with Gasteiger partial charge >= 0.3 is 0 Å². The largest absolute Gasteiger partial charge is 0.352 e. The second-order valence-corrected chi connectivity index (χ2v) is 10.8. The Morgan fingerprint density at radius 3 is 2.03 bits per heavy atom. The molecule has 0 amide bonds.